The number of hydrazine groups is 1. The first-order chi connectivity index (χ1) is 8.63. The molecular weight excluding hydrogens is 252 g/mol. The summed E-state index contributed by atoms with van der Waals surface area (Å²) in [6.07, 6.45) is -0.427. The van der Waals surface area contributed by atoms with Crippen LogP contribution >= 0.6 is 11.6 Å². The van der Waals surface area contributed by atoms with Gasteiger partial charge < -0.3 is 9.47 Å². The van der Waals surface area contributed by atoms with Crippen molar-refractivity contribution in [3.8, 4) is 0 Å². The number of nitrogens with one attached hydrogen (secondary N) is 1. The maximum atomic E-state index is 6.12. The van der Waals surface area contributed by atoms with Crippen LogP contribution in [-0.2, 0) is 9.47 Å². The normalized spacial score (nSPS) is 13.0. The van der Waals surface area contributed by atoms with Crippen molar-refractivity contribution in [3.05, 3.63) is 34.3 Å². The molecule has 5 heteroatoms. The largest absolute Gasteiger partial charge is 0.351 e. The lowest BCUT2D eigenvalue weighted by molar-refractivity contribution is -0.155. The maximum absolute atomic E-state index is 6.12. The van der Waals surface area contributed by atoms with Crippen LogP contribution < -0.4 is 11.3 Å². The van der Waals surface area contributed by atoms with Gasteiger partial charge in [0.05, 0.1) is 6.04 Å². The van der Waals surface area contributed by atoms with Crippen LogP contribution in [0.5, 0.6) is 0 Å². The molecule has 1 aromatic rings. The average Bonchev–Trinajstić information content (AvgIpc) is 2.35. The third-order valence-electron chi connectivity index (χ3n) is 2.67. The molecule has 0 saturated carbocycles. The van der Waals surface area contributed by atoms with Gasteiger partial charge in [-0.1, -0.05) is 23.7 Å². The summed E-state index contributed by atoms with van der Waals surface area (Å²) in [7, 11) is 0. The van der Waals surface area contributed by atoms with Crippen molar-refractivity contribution in [2.45, 2.75) is 33.1 Å². The minimum Gasteiger partial charge on any atom is -0.351 e. The molecule has 102 valence electrons. The number of aryl methyl sites for hydroxylation is 1. The summed E-state index contributed by atoms with van der Waals surface area (Å²) in [5.74, 6) is 5.60. The predicted molar refractivity (Wildman–Crippen MR) is 73.3 cm³/mol. The van der Waals surface area contributed by atoms with Crippen molar-refractivity contribution in [1.29, 1.82) is 0 Å². The van der Waals surface area contributed by atoms with Gasteiger partial charge in [-0.25, -0.2) is 5.43 Å². The van der Waals surface area contributed by atoms with E-state index in [2.05, 4.69) is 5.43 Å². The van der Waals surface area contributed by atoms with Crippen LogP contribution in [0.15, 0.2) is 18.2 Å². The lowest BCUT2D eigenvalue weighted by atomic mass is 10.1. The zero-order chi connectivity index (χ0) is 13.5. The highest BCUT2D eigenvalue weighted by Gasteiger charge is 2.23. The average molecular weight is 273 g/mol. The Morgan fingerprint density at radius 2 is 1.89 bits per heavy atom. The summed E-state index contributed by atoms with van der Waals surface area (Å²) in [6, 6.07) is 5.56. The summed E-state index contributed by atoms with van der Waals surface area (Å²) in [4.78, 5) is 0. The smallest absolute Gasteiger partial charge is 0.178 e. The molecule has 1 aromatic carbocycles. The van der Waals surface area contributed by atoms with Gasteiger partial charge in [0.2, 0.25) is 0 Å². The van der Waals surface area contributed by atoms with Gasteiger partial charge in [-0.05, 0) is 38.0 Å². The Bertz CT molecular complexity index is 368. The van der Waals surface area contributed by atoms with Gasteiger partial charge in [-0.15, -0.1) is 0 Å². The molecular formula is C13H21ClN2O2. The van der Waals surface area contributed by atoms with E-state index in [4.69, 9.17) is 26.9 Å². The highest BCUT2D eigenvalue weighted by molar-refractivity contribution is 6.31. The van der Waals surface area contributed by atoms with Crippen LogP contribution in [0, 0.1) is 6.92 Å². The van der Waals surface area contributed by atoms with E-state index in [9.17, 15) is 0 Å². The van der Waals surface area contributed by atoms with Gasteiger partial charge in [-0.2, -0.15) is 0 Å². The van der Waals surface area contributed by atoms with E-state index in [0.29, 0.717) is 18.2 Å². The number of hydrogen-bond donors (Lipinski definition) is 2. The summed E-state index contributed by atoms with van der Waals surface area (Å²) < 4.78 is 11.1. The van der Waals surface area contributed by atoms with Crippen LogP contribution in [0.2, 0.25) is 5.02 Å². The summed E-state index contributed by atoms with van der Waals surface area (Å²) in [6.45, 7) is 6.91. The van der Waals surface area contributed by atoms with E-state index in [1.807, 2.05) is 39.0 Å². The van der Waals surface area contributed by atoms with Gasteiger partial charge in [0, 0.05) is 18.2 Å². The Morgan fingerprint density at radius 1 is 1.28 bits per heavy atom. The minimum absolute atomic E-state index is 0.247. The summed E-state index contributed by atoms with van der Waals surface area (Å²) >= 11 is 6.12. The second-order valence-corrected chi connectivity index (χ2v) is 4.34. The lowest BCUT2D eigenvalue weighted by Crippen LogP contribution is -2.39. The molecule has 1 unspecified atom stereocenters. The van der Waals surface area contributed by atoms with Crippen molar-refractivity contribution in [1.82, 2.24) is 5.43 Å². The van der Waals surface area contributed by atoms with E-state index >= 15 is 0 Å². The quantitative estimate of drug-likeness (QED) is 0.455. The third-order valence-corrected chi connectivity index (χ3v) is 3.08. The van der Waals surface area contributed by atoms with Crippen molar-refractivity contribution in [2.24, 2.45) is 5.84 Å². The van der Waals surface area contributed by atoms with Crippen LogP contribution in [0.4, 0.5) is 0 Å². The number of halogens is 1. The minimum atomic E-state index is -0.427. The summed E-state index contributed by atoms with van der Waals surface area (Å²) in [5, 5.41) is 0.708. The standard InChI is InChI=1S/C13H21ClN2O2/c1-4-17-13(18-5-2)12(16-15)10-7-6-9(3)11(14)8-10/h6-8,12-13,16H,4-5,15H2,1-3H3. The van der Waals surface area contributed by atoms with Crippen LogP contribution in [0.25, 0.3) is 0 Å². The molecule has 1 atom stereocenters. The highest BCUT2D eigenvalue weighted by Crippen LogP contribution is 2.24. The van der Waals surface area contributed by atoms with E-state index in [0.717, 1.165) is 11.1 Å². The molecule has 0 aliphatic carbocycles. The molecule has 0 saturated heterocycles. The van der Waals surface area contributed by atoms with E-state index in [1.54, 1.807) is 0 Å². The third kappa shape index (κ3) is 3.93. The summed E-state index contributed by atoms with van der Waals surface area (Å²) in [5.41, 5.74) is 4.70. The van der Waals surface area contributed by atoms with Gasteiger partial charge in [0.15, 0.2) is 6.29 Å². The van der Waals surface area contributed by atoms with Gasteiger partial charge in [-0.3, -0.25) is 5.84 Å². The zero-order valence-electron chi connectivity index (χ0n) is 11.1. The molecule has 0 radical (unpaired) electrons. The molecule has 1 rings (SSSR count). The van der Waals surface area contributed by atoms with Crippen molar-refractivity contribution >= 4 is 11.6 Å². The van der Waals surface area contributed by atoms with Crippen molar-refractivity contribution in [3.63, 3.8) is 0 Å². The van der Waals surface area contributed by atoms with E-state index in [1.165, 1.54) is 0 Å². The van der Waals surface area contributed by atoms with Gasteiger partial charge >= 0.3 is 0 Å². The van der Waals surface area contributed by atoms with E-state index in [-0.39, 0.29) is 6.04 Å². The van der Waals surface area contributed by atoms with Crippen LogP contribution in [0.1, 0.15) is 31.0 Å². The fourth-order valence-electron chi connectivity index (χ4n) is 1.70. The molecule has 0 amide bonds. The second-order valence-electron chi connectivity index (χ2n) is 3.93. The van der Waals surface area contributed by atoms with Gasteiger partial charge in [0.25, 0.3) is 0 Å². The number of benzene rings is 1. The zero-order valence-corrected chi connectivity index (χ0v) is 11.8. The molecule has 0 fully saturated rings. The van der Waals surface area contributed by atoms with Crippen molar-refractivity contribution in [2.75, 3.05) is 13.2 Å². The molecule has 0 aromatic heterocycles. The predicted octanol–water partition coefficient (Wildman–Crippen LogP) is 2.55. The molecule has 4 nitrogen and oxygen atoms in total. The number of nitrogens with two attached hydrogens (primary N) is 1. The maximum Gasteiger partial charge on any atom is 0.178 e. The Kier molecular flexibility index (Phi) is 6.60. The SMILES string of the molecule is CCOC(OCC)C(NN)c1ccc(C)c(Cl)c1. The van der Waals surface area contributed by atoms with Crippen LogP contribution in [-0.4, -0.2) is 19.5 Å². The molecule has 0 bridgehead atoms. The highest BCUT2D eigenvalue weighted by atomic mass is 35.5. The molecule has 0 spiro atoms. The fourth-order valence-corrected chi connectivity index (χ4v) is 1.89. The molecule has 0 aliphatic rings. The first-order valence-electron chi connectivity index (χ1n) is 6.09. The Hall–Kier alpha value is -0.650. The second kappa shape index (κ2) is 7.71. The first kappa shape index (κ1) is 15.4. The monoisotopic (exact) mass is 272 g/mol. The fraction of sp³-hybridized carbons (Fsp3) is 0.538. The number of ether oxygens (including phenoxy) is 2. The number of hydrogen-bond acceptors (Lipinski definition) is 4. The number of rotatable bonds is 7. The Balaban J connectivity index is 2.94. The first-order valence-corrected chi connectivity index (χ1v) is 6.47. The Labute approximate surface area is 113 Å². The Morgan fingerprint density at radius 3 is 2.33 bits per heavy atom. The van der Waals surface area contributed by atoms with Crippen molar-refractivity contribution < 1.29 is 9.47 Å². The molecule has 0 heterocycles. The molecule has 3 N–H and O–H groups in total. The van der Waals surface area contributed by atoms with Crippen LogP contribution in [0.3, 0.4) is 0 Å². The van der Waals surface area contributed by atoms with E-state index < -0.39 is 6.29 Å². The molecule has 18 heavy (non-hydrogen) atoms. The lowest BCUT2D eigenvalue weighted by Gasteiger charge is -2.26. The van der Waals surface area contributed by atoms with Gasteiger partial charge in [0.1, 0.15) is 0 Å². The molecule has 0 aliphatic heterocycles. The topological polar surface area (TPSA) is 56.5 Å².